The van der Waals surface area contributed by atoms with Crippen LogP contribution in [0.2, 0.25) is 0 Å². The Labute approximate surface area is 409 Å². The van der Waals surface area contributed by atoms with E-state index in [1.54, 1.807) is 6.92 Å². The lowest BCUT2D eigenvalue weighted by Crippen LogP contribution is -2.70. The molecule has 3 aliphatic carbocycles. The molecule has 7 nitrogen and oxygen atoms in total. The number of hydrogen-bond donors (Lipinski definition) is 1. The zero-order chi connectivity index (χ0) is 48.0. The van der Waals surface area contributed by atoms with Crippen molar-refractivity contribution in [3.63, 3.8) is 0 Å². The molecule has 1 saturated carbocycles. The Kier molecular flexibility index (Phi) is 23.7. The molecule has 0 aromatic rings. The minimum atomic E-state index is -1.74. The Morgan fingerprint density at radius 3 is 1.73 bits per heavy atom. The number of aliphatic hydroxyl groups is 1. The van der Waals surface area contributed by atoms with E-state index >= 15 is 0 Å². The van der Waals surface area contributed by atoms with Gasteiger partial charge in [0.2, 0.25) is 0 Å². The number of carbonyl (C=O) groups is 2. The van der Waals surface area contributed by atoms with Gasteiger partial charge in [-0.1, -0.05) is 238 Å². The highest BCUT2D eigenvalue weighted by Crippen LogP contribution is 2.68. The maximum Gasteiger partial charge on any atom is 0.306 e. The number of unbranched alkanes of at least 4 members (excludes halogenated alkanes) is 29. The first-order valence-electron chi connectivity index (χ1n) is 28.4. The molecule has 5 aliphatic rings. The van der Waals surface area contributed by atoms with Crippen molar-refractivity contribution in [2.75, 3.05) is 6.61 Å². The van der Waals surface area contributed by atoms with Crippen molar-refractivity contribution < 1.29 is 33.6 Å². The second kappa shape index (κ2) is 28.5. The van der Waals surface area contributed by atoms with Gasteiger partial charge in [0.25, 0.3) is 0 Å². The first-order valence-corrected chi connectivity index (χ1v) is 28.4. The Bertz CT molecular complexity index is 1640. The minimum absolute atomic E-state index is 0.0166. The van der Waals surface area contributed by atoms with Crippen molar-refractivity contribution in [3.8, 4) is 0 Å². The molecule has 0 spiro atoms. The second-order valence-electron chi connectivity index (χ2n) is 22.0. The van der Waals surface area contributed by atoms with Crippen molar-refractivity contribution in [1.29, 1.82) is 0 Å². The predicted molar refractivity (Wildman–Crippen MR) is 276 cm³/mol. The van der Waals surface area contributed by atoms with Crippen molar-refractivity contribution in [2.45, 2.75) is 282 Å². The molecule has 2 heterocycles. The zero-order valence-electron chi connectivity index (χ0n) is 43.6. The Balaban J connectivity index is 1.02. The number of rotatable bonds is 37. The normalized spacial score (nSPS) is 29.7. The summed E-state index contributed by atoms with van der Waals surface area (Å²) in [5.41, 5.74) is -1.47. The summed E-state index contributed by atoms with van der Waals surface area (Å²) in [6.07, 6.45) is 53.3. The van der Waals surface area contributed by atoms with Crippen LogP contribution in [0.5, 0.6) is 0 Å². The first-order chi connectivity index (χ1) is 32.5. The van der Waals surface area contributed by atoms with E-state index in [9.17, 15) is 14.7 Å². The molecular weight excluding hydrogens is 833 g/mol. The lowest BCUT2D eigenvalue weighted by atomic mass is 9.55. The monoisotopic (exact) mass is 931 g/mol. The van der Waals surface area contributed by atoms with Crippen LogP contribution in [0.3, 0.4) is 0 Å². The molecule has 5 rings (SSSR count). The Hall–Kier alpha value is -2.32. The molecule has 8 unspecified atom stereocenters. The highest BCUT2D eigenvalue weighted by molar-refractivity contribution is 6.04. The third-order valence-electron chi connectivity index (χ3n) is 16.3. The summed E-state index contributed by atoms with van der Waals surface area (Å²) in [5, 5.41) is 12.6. The molecule has 1 N–H and O–H groups in total. The number of ketones is 1. The highest BCUT2D eigenvalue weighted by Gasteiger charge is 2.78. The van der Waals surface area contributed by atoms with Crippen molar-refractivity contribution in [3.05, 3.63) is 59.8 Å². The smallest absolute Gasteiger partial charge is 0.306 e. The molecule has 0 aromatic carbocycles. The second-order valence-corrected chi connectivity index (χ2v) is 22.0. The van der Waals surface area contributed by atoms with Crippen LogP contribution in [-0.4, -0.2) is 52.3 Å². The highest BCUT2D eigenvalue weighted by atomic mass is 16.9. The van der Waals surface area contributed by atoms with Crippen LogP contribution in [0.25, 0.3) is 0 Å². The maximum atomic E-state index is 14.0. The molecular formula is C60H98O7. The summed E-state index contributed by atoms with van der Waals surface area (Å²) in [6.45, 7) is 14.9. The van der Waals surface area contributed by atoms with Crippen molar-refractivity contribution in [2.24, 2.45) is 17.8 Å². The van der Waals surface area contributed by atoms with Gasteiger partial charge in [-0.3, -0.25) is 9.59 Å². The Morgan fingerprint density at radius 1 is 0.731 bits per heavy atom. The molecule has 3 fully saturated rings. The van der Waals surface area contributed by atoms with Crippen LogP contribution in [0.1, 0.15) is 253 Å². The molecule has 3 bridgehead atoms. The van der Waals surface area contributed by atoms with Gasteiger partial charge >= 0.3 is 11.9 Å². The fourth-order valence-electron chi connectivity index (χ4n) is 12.4. The minimum Gasteiger partial charge on any atom is -0.461 e. The lowest BCUT2D eigenvalue weighted by molar-refractivity contribution is -0.398. The van der Waals surface area contributed by atoms with Crippen LogP contribution in [0, 0.1) is 17.8 Å². The SMILES string of the molecule is C=C(C)C12CC(C)C34OC(C=CC=CCCCCCCCCC)(OC1C3C=C(COC(=O)CCCCCCCCCCCCCCCCCCCCCCCCC)CC1(O)C(=O)C(C)=CC14)O2. The summed E-state index contributed by atoms with van der Waals surface area (Å²) in [5.74, 6) is -3.17. The summed E-state index contributed by atoms with van der Waals surface area (Å²) in [7, 11) is 0. The van der Waals surface area contributed by atoms with Gasteiger partial charge < -0.3 is 24.1 Å². The van der Waals surface area contributed by atoms with Crippen LogP contribution < -0.4 is 0 Å². The molecule has 67 heavy (non-hydrogen) atoms. The van der Waals surface area contributed by atoms with Crippen molar-refractivity contribution in [1.82, 2.24) is 0 Å². The largest absolute Gasteiger partial charge is 0.461 e. The predicted octanol–water partition coefficient (Wildman–Crippen LogP) is 16.2. The maximum absolute atomic E-state index is 14.0. The number of esters is 1. The Morgan fingerprint density at radius 2 is 1.22 bits per heavy atom. The van der Waals surface area contributed by atoms with Crippen LogP contribution in [-0.2, 0) is 28.5 Å². The van der Waals surface area contributed by atoms with E-state index in [0.29, 0.717) is 24.0 Å². The van der Waals surface area contributed by atoms with Crippen LogP contribution in [0.4, 0.5) is 0 Å². The van der Waals surface area contributed by atoms with Gasteiger partial charge in [0.1, 0.15) is 23.9 Å². The number of hydrogen-bond acceptors (Lipinski definition) is 7. The fourth-order valence-corrected chi connectivity index (χ4v) is 12.4. The van der Waals surface area contributed by atoms with Gasteiger partial charge in [-0.25, -0.2) is 0 Å². The van der Waals surface area contributed by atoms with Crippen molar-refractivity contribution >= 4 is 11.8 Å². The third-order valence-corrected chi connectivity index (χ3v) is 16.3. The van der Waals surface area contributed by atoms with Gasteiger partial charge in [0, 0.05) is 30.8 Å². The summed E-state index contributed by atoms with van der Waals surface area (Å²) in [6, 6.07) is 0. The van der Waals surface area contributed by atoms with Gasteiger partial charge in [-0.2, -0.15) is 0 Å². The van der Waals surface area contributed by atoms with Gasteiger partial charge in [-0.15, -0.1) is 0 Å². The average Bonchev–Trinajstić information content (AvgIpc) is 3.62. The third kappa shape index (κ3) is 15.1. The van der Waals surface area contributed by atoms with E-state index in [2.05, 4.69) is 39.5 Å². The van der Waals surface area contributed by atoms with E-state index in [1.165, 1.54) is 167 Å². The van der Waals surface area contributed by atoms with E-state index in [4.69, 9.17) is 18.9 Å². The molecule has 0 amide bonds. The van der Waals surface area contributed by atoms with E-state index in [-0.39, 0.29) is 36.6 Å². The number of ether oxygens (including phenoxy) is 4. The number of Topliss-reactive ketones (excluding diaryl/α,β-unsaturated/α-hetero) is 1. The van der Waals surface area contributed by atoms with Gasteiger partial charge in [0.05, 0.1) is 5.60 Å². The zero-order valence-corrected chi connectivity index (χ0v) is 43.6. The molecule has 0 aromatic heterocycles. The number of carbonyl (C=O) groups excluding carboxylic acids is 2. The van der Waals surface area contributed by atoms with Crippen LogP contribution in [0.15, 0.2) is 59.8 Å². The topological polar surface area (TPSA) is 91.3 Å². The molecule has 2 saturated heterocycles. The van der Waals surface area contributed by atoms with E-state index in [0.717, 1.165) is 37.7 Å². The first kappa shape index (κ1) is 55.6. The summed E-state index contributed by atoms with van der Waals surface area (Å²) >= 11 is 0. The lowest BCUT2D eigenvalue weighted by Gasteiger charge is -2.58. The number of allylic oxidation sites excluding steroid dienone is 3. The standard InChI is InChI=1S/C60H98O7/c1-7-9-11-13-15-17-19-20-21-22-23-24-25-26-27-28-29-30-31-33-35-37-39-41-54(61)64-47-51-44-52-56-58(48(3)4)45-50(6)60(52,53-43-49(5)55(62)57(53,63)46-51)67-59(65-56,66-58)42-40-38-36-34-32-18-16-14-12-10-8-2/h36,38,40,42-44,50,52-53,56,63H,3,7-35,37,39,41,45-47H2,1-2,4-6H3. The molecule has 2 aliphatic heterocycles. The van der Waals surface area contributed by atoms with Gasteiger partial charge in [0.15, 0.2) is 5.78 Å². The molecule has 380 valence electrons. The summed E-state index contributed by atoms with van der Waals surface area (Å²) < 4.78 is 26.9. The quantitative estimate of drug-likeness (QED) is 0.0287. The molecule has 7 heteroatoms. The van der Waals surface area contributed by atoms with Crippen LogP contribution >= 0.6 is 0 Å². The number of fused-ring (bicyclic) bond motifs is 2. The fraction of sp³-hybridized carbons (Fsp3) is 0.800. The molecule has 8 atom stereocenters. The molecule has 0 radical (unpaired) electrons. The summed E-state index contributed by atoms with van der Waals surface area (Å²) in [4.78, 5) is 27.1. The van der Waals surface area contributed by atoms with E-state index < -0.39 is 34.8 Å². The van der Waals surface area contributed by atoms with Gasteiger partial charge in [-0.05, 0) is 62.2 Å². The average molecular weight is 931 g/mol. The van der Waals surface area contributed by atoms with E-state index in [1.807, 2.05) is 31.2 Å².